The zero-order valence-electron chi connectivity index (χ0n) is 19.6. The third kappa shape index (κ3) is 2.58. The molecule has 178 valence electrons. The van der Waals surface area contributed by atoms with Crippen molar-refractivity contribution in [3.63, 3.8) is 0 Å². The second-order valence-corrected chi connectivity index (χ2v) is 10.9. The topological polar surface area (TPSA) is 101 Å². The molecule has 2 aliphatic heterocycles. The molecule has 5 rings (SSSR count). The van der Waals surface area contributed by atoms with E-state index < -0.39 is 40.9 Å². The van der Waals surface area contributed by atoms with Crippen LogP contribution in [0.15, 0.2) is 11.8 Å². The molecule has 0 bridgehead atoms. The summed E-state index contributed by atoms with van der Waals surface area (Å²) in [5.41, 5.74) is -2.38. The Kier molecular flexibility index (Phi) is 4.89. The molecule has 0 unspecified atom stereocenters. The molecular formula is C24H34O8. The molecule has 8 heteroatoms. The van der Waals surface area contributed by atoms with Crippen LogP contribution in [0.1, 0.15) is 47.5 Å². The number of ketones is 1. The number of rotatable bonds is 2. The van der Waals surface area contributed by atoms with Crippen molar-refractivity contribution >= 4 is 11.8 Å². The van der Waals surface area contributed by atoms with Crippen molar-refractivity contribution in [1.29, 1.82) is 0 Å². The standard InChI is InChI=1S/C24H34O8/c1-11-7-14(28-6)20(27)22(3)13(11)8-16-23(4)15(9-17(26)31-16)24(5,32-12(2)25)21-18(19(22)23)29-10-30-21/h7,11,13,15-19,21,26H,8-10H2,1-6H3/t11-,13+,15-,16-,17+,18+,19-,21-,22+,23-,24+/m1/s1. The number of aliphatic hydroxyl groups excluding tert-OH is 1. The lowest BCUT2D eigenvalue weighted by Crippen LogP contribution is -2.77. The van der Waals surface area contributed by atoms with Crippen LogP contribution < -0.4 is 0 Å². The van der Waals surface area contributed by atoms with E-state index in [0.717, 1.165) is 0 Å². The predicted octanol–water partition coefficient (Wildman–Crippen LogP) is 2.18. The van der Waals surface area contributed by atoms with Crippen molar-refractivity contribution in [2.45, 2.75) is 77.7 Å². The van der Waals surface area contributed by atoms with Crippen molar-refractivity contribution in [2.75, 3.05) is 13.9 Å². The average molecular weight is 451 g/mol. The van der Waals surface area contributed by atoms with Crippen molar-refractivity contribution in [3.05, 3.63) is 11.8 Å². The van der Waals surface area contributed by atoms with Gasteiger partial charge in [-0.15, -0.1) is 0 Å². The number of Topliss-reactive ketones (excluding diaryl/α,β-unsaturated/α-hetero) is 1. The summed E-state index contributed by atoms with van der Waals surface area (Å²) >= 11 is 0. The van der Waals surface area contributed by atoms with Crippen molar-refractivity contribution in [1.82, 2.24) is 0 Å². The van der Waals surface area contributed by atoms with Crippen LogP contribution in [0, 0.1) is 34.5 Å². The van der Waals surface area contributed by atoms with Gasteiger partial charge in [-0.1, -0.05) is 20.8 Å². The fraction of sp³-hybridized carbons (Fsp3) is 0.833. The molecule has 0 spiro atoms. The Hall–Kier alpha value is -1.48. The number of aliphatic hydroxyl groups is 1. The molecule has 4 fully saturated rings. The Labute approximate surface area is 188 Å². The molecule has 11 atom stereocenters. The number of esters is 1. The summed E-state index contributed by atoms with van der Waals surface area (Å²) in [5.74, 6) is -0.516. The van der Waals surface area contributed by atoms with E-state index in [1.807, 2.05) is 19.9 Å². The van der Waals surface area contributed by atoms with Gasteiger partial charge in [0.1, 0.15) is 18.5 Å². The molecule has 2 saturated heterocycles. The first-order valence-corrected chi connectivity index (χ1v) is 11.6. The Morgan fingerprint density at radius 3 is 2.59 bits per heavy atom. The quantitative estimate of drug-likeness (QED) is 0.639. The molecule has 3 aliphatic carbocycles. The van der Waals surface area contributed by atoms with Crippen molar-refractivity contribution in [3.8, 4) is 0 Å². The molecule has 8 nitrogen and oxygen atoms in total. The third-order valence-corrected chi connectivity index (χ3v) is 9.50. The molecule has 0 amide bonds. The second-order valence-electron chi connectivity index (χ2n) is 10.9. The van der Waals surface area contributed by atoms with E-state index in [2.05, 4.69) is 13.8 Å². The lowest BCUT2D eigenvalue weighted by atomic mass is 9.37. The first-order chi connectivity index (χ1) is 15.0. The van der Waals surface area contributed by atoms with Crippen LogP contribution >= 0.6 is 0 Å². The van der Waals surface area contributed by atoms with Gasteiger partial charge in [-0.25, -0.2) is 0 Å². The summed E-state index contributed by atoms with van der Waals surface area (Å²) < 4.78 is 29.9. The maximum absolute atomic E-state index is 13.9. The zero-order chi connectivity index (χ0) is 23.2. The van der Waals surface area contributed by atoms with Crippen LogP contribution in [0.4, 0.5) is 0 Å². The van der Waals surface area contributed by atoms with E-state index in [1.165, 1.54) is 14.0 Å². The third-order valence-electron chi connectivity index (χ3n) is 9.50. The van der Waals surface area contributed by atoms with Gasteiger partial charge in [0.05, 0.1) is 19.3 Å². The van der Waals surface area contributed by atoms with Gasteiger partial charge >= 0.3 is 5.97 Å². The number of hydrogen-bond donors (Lipinski definition) is 1. The van der Waals surface area contributed by atoms with Crippen LogP contribution in [0.2, 0.25) is 0 Å². The zero-order valence-corrected chi connectivity index (χ0v) is 19.6. The summed E-state index contributed by atoms with van der Waals surface area (Å²) in [5, 5.41) is 10.7. The number of hydrogen-bond acceptors (Lipinski definition) is 8. The van der Waals surface area contributed by atoms with E-state index in [1.54, 1.807) is 0 Å². The van der Waals surface area contributed by atoms with Crippen molar-refractivity contribution in [2.24, 2.45) is 34.5 Å². The number of carbonyl (C=O) groups excluding carboxylic acids is 2. The number of ether oxygens (including phenoxy) is 5. The minimum absolute atomic E-state index is 0.00847. The largest absolute Gasteiger partial charge is 0.493 e. The number of carbonyl (C=O) groups is 2. The van der Waals surface area contributed by atoms with E-state index in [0.29, 0.717) is 12.2 Å². The number of fused-ring (bicyclic) bond motifs is 4. The first kappa shape index (κ1) is 22.3. The van der Waals surface area contributed by atoms with Crippen LogP contribution in [0.3, 0.4) is 0 Å². The number of methoxy groups -OCH3 is 1. The fourth-order valence-corrected chi connectivity index (χ4v) is 8.40. The van der Waals surface area contributed by atoms with Gasteiger partial charge in [0.2, 0.25) is 5.78 Å². The maximum atomic E-state index is 13.9. The van der Waals surface area contributed by atoms with E-state index in [4.69, 9.17) is 23.7 Å². The molecule has 32 heavy (non-hydrogen) atoms. The maximum Gasteiger partial charge on any atom is 0.303 e. The SMILES string of the molecule is COC1=C[C@@H](C)[C@@H]2C[C@H]3O[C@H](O)C[C@H]4[C@](C)(OC(C)=O)[C@@H]5OCO[C@H]5[C@H]([C@@]2(C)C1=O)[C@@]34C. The van der Waals surface area contributed by atoms with Crippen LogP contribution in [-0.2, 0) is 33.3 Å². The normalized spacial score (nSPS) is 54.1. The highest BCUT2D eigenvalue weighted by Gasteiger charge is 2.77. The summed E-state index contributed by atoms with van der Waals surface area (Å²) in [4.78, 5) is 26.1. The summed E-state index contributed by atoms with van der Waals surface area (Å²) in [7, 11) is 1.53. The first-order valence-electron chi connectivity index (χ1n) is 11.6. The Bertz CT molecular complexity index is 870. The minimum atomic E-state index is -1.02. The summed E-state index contributed by atoms with van der Waals surface area (Å²) in [6.07, 6.45) is 0.522. The average Bonchev–Trinajstić information content (AvgIpc) is 3.19. The lowest BCUT2D eigenvalue weighted by molar-refractivity contribution is -0.340. The van der Waals surface area contributed by atoms with Crippen LogP contribution in [0.5, 0.6) is 0 Å². The van der Waals surface area contributed by atoms with Gasteiger partial charge in [-0.05, 0) is 31.3 Å². The fourth-order valence-electron chi connectivity index (χ4n) is 8.40. The van der Waals surface area contributed by atoms with Gasteiger partial charge in [-0.3, -0.25) is 9.59 Å². The second kappa shape index (κ2) is 7.01. The smallest absolute Gasteiger partial charge is 0.303 e. The molecule has 0 radical (unpaired) electrons. The Morgan fingerprint density at radius 1 is 1.22 bits per heavy atom. The molecule has 2 saturated carbocycles. The molecular weight excluding hydrogens is 416 g/mol. The molecule has 0 aromatic heterocycles. The van der Waals surface area contributed by atoms with E-state index in [9.17, 15) is 14.7 Å². The molecule has 0 aromatic carbocycles. The van der Waals surface area contributed by atoms with Gasteiger partial charge < -0.3 is 28.8 Å². The van der Waals surface area contributed by atoms with Crippen molar-refractivity contribution < 1.29 is 38.4 Å². The molecule has 5 aliphatic rings. The molecule has 0 aromatic rings. The Balaban J connectivity index is 1.73. The Morgan fingerprint density at radius 2 is 1.94 bits per heavy atom. The van der Waals surface area contributed by atoms with Gasteiger partial charge in [0, 0.05) is 36.0 Å². The number of allylic oxidation sites excluding steroid dienone is 2. The summed E-state index contributed by atoms with van der Waals surface area (Å²) in [6, 6.07) is 0. The van der Waals surface area contributed by atoms with Crippen LogP contribution in [-0.4, -0.2) is 61.0 Å². The van der Waals surface area contributed by atoms with Gasteiger partial charge in [0.25, 0.3) is 0 Å². The highest BCUT2D eigenvalue weighted by atomic mass is 16.7. The lowest BCUT2D eigenvalue weighted by Gasteiger charge is -2.70. The molecule has 1 N–H and O–H groups in total. The minimum Gasteiger partial charge on any atom is -0.493 e. The summed E-state index contributed by atoms with van der Waals surface area (Å²) in [6.45, 7) is 9.58. The highest BCUT2D eigenvalue weighted by molar-refractivity contribution is 5.99. The predicted molar refractivity (Wildman–Crippen MR) is 111 cm³/mol. The monoisotopic (exact) mass is 450 g/mol. The van der Waals surface area contributed by atoms with Gasteiger partial charge in [-0.2, -0.15) is 0 Å². The highest BCUT2D eigenvalue weighted by Crippen LogP contribution is 2.70. The van der Waals surface area contributed by atoms with E-state index in [-0.39, 0.29) is 48.8 Å². The molecule has 2 heterocycles. The van der Waals surface area contributed by atoms with Gasteiger partial charge in [0.15, 0.2) is 12.0 Å². The van der Waals surface area contributed by atoms with E-state index >= 15 is 0 Å². The van der Waals surface area contributed by atoms with Crippen LogP contribution in [0.25, 0.3) is 0 Å².